The number of esters is 1. The number of hydrogen-bond acceptors (Lipinski definition) is 4. The standard InChI is InChI=1S/C16H19NO4/c18-12-4-3-11-6-14(19)17-5-1-2-10-9-21-15(20)7-13(10)16(11,17)8-12/h3,12,18H,1-2,4-9H2/t12-,16-/m0/s1. The van der Waals surface area contributed by atoms with Crippen LogP contribution < -0.4 is 0 Å². The third-order valence-electron chi connectivity index (χ3n) is 5.32. The largest absolute Gasteiger partial charge is 0.461 e. The van der Waals surface area contributed by atoms with Gasteiger partial charge in [-0.2, -0.15) is 0 Å². The molecule has 0 aromatic heterocycles. The maximum absolute atomic E-state index is 12.4. The van der Waals surface area contributed by atoms with E-state index in [1.807, 2.05) is 11.0 Å². The quantitative estimate of drug-likeness (QED) is 0.535. The summed E-state index contributed by atoms with van der Waals surface area (Å²) in [7, 11) is 0. The fourth-order valence-corrected chi connectivity index (χ4v) is 4.46. The number of aliphatic hydroxyl groups is 1. The van der Waals surface area contributed by atoms with Crippen LogP contribution in [0.1, 0.15) is 38.5 Å². The maximum atomic E-state index is 12.4. The molecule has 0 aromatic rings. The van der Waals surface area contributed by atoms with Gasteiger partial charge in [0.05, 0.1) is 24.5 Å². The minimum absolute atomic E-state index is 0.128. The normalized spacial score (nSPS) is 35.6. The molecule has 0 saturated carbocycles. The van der Waals surface area contributed by atoms with E-state index in [-0.39, 0.29) is 18.3 Å². The minimum atomic E-state index is -0.542. The second kappa shape index (κ2) is 4.44. The fourth-order valence-electron chi connectivity index (χ4n) is 4.46. The molecule has 0 bridgehead atoms. The smallest absolute Gasteiger partial charge is 0.310 e. The zero-order valence-electron chi connectivity index (χ0n) is 11.9. The van der Waals surface area contributed by atoms with Gasteiger partial charge in [0.15, 0.2) is 0 Å². The van der Waals surface area contributed by atoms with Crippen molar-refractivity contribution in [3.8, 4) is 0 Å². The number of amides is 1. The molecule has 1 N–H and O–H groups in total. The lowest BCUT2D eigenvalue weighted by molar-refractivity contribution is -0.144. The summed E-state index contributed by atoms with van der Waals surface area (Å²) in [5.41, 5.74) is 2.74. The molecule has 1 saturated heterocycles. The molecule has 4 aliphatic rings. The minimum Gasteiger partial charge on any atom is -0.461 e. The lowest BCUT2D eigenvalue weighted by atomic mass is 9.71. The first-order chi connectivity index (χ1) is 10.1. The molecule has 1 fully saturated rings. The van der Waals surface area contributed by atoms with Crippen molar-refractivity contribution in [1.82, 2.24) is 4.90 Å². The summed E-state index contributed by atoms with van der Waals surface area (Å²) >= 11 is 0. The molecule has 21 heavy (non-hydrogen) atoms. The molecule has 1 amide bonds. The van der Waals surface area contributed by atoms with Crippen molar-refractivity contribution in [2.75, 3.05) is 13.2 Å². The number of hydrogen-bond donors (Lipinski definition) is 1. The van der Waals surface area contributed by atoms with Crippen LogP contribution in [0.4, 0.5) is 0 Å². The predicted molar refractivity (Wildman–Crippen MR) is 74.2 cm³/mol. The summed E-state index contributed by atoms with van der Waals surface area (Å²) in [5, 5.41) is 10.2. The Kier molecular flexibility index (Phi) is 2.76. The van der Waals surface area contributed by atoms with Crippen LogP contribution in [-0.4, -0.2) is 46.7 Å². The topological polar surface area (TPSA) is 66.8 Å². The van der Waals surface area contributed by atoms with Gasteiger partial charge in [0.25, 0.3) is 0 Å². The van der Waals surface area contributed by atoms with Gasteiger partial charge in [0.1, 0.15) is 6.61 Å². The number of ether oxygens (including phenoxy) is 1. The van der Waals surface area contributed by atoms with Gasteiger partial charge in [0, 0.05) is 13.0 Å². The molecule has 0 unspecified atom stereocenters. The maximum Gasteiger partial charge on any atom is 0.310 e. The number of carbonyl (C=O) groups is 2. The number of nitrogens with zero attached hydrogens (tertiary/aromatic N) is 1. The second-order valence-electron chi connectivity index (χ2n) is 6.43. The van der Waals surface area contributed by atoms with E-state index in [4.69, 9.17) is 4.74 Å². The van der Waals surface area contributed by atoms with Crippen molar-refractivity contribution in [2.45, 2.75) is 50.2 Å². The summed E-state index contributed by atoms with van der Waals surface area (Å²) in [4.78, 5) is 26.2. The van der Waals surface area contributed by atoms with E-state index < -0.39 is 11.6 Å². The van der Waals surface area contributed by atoms with Crippen molar-refractivity contribution in [3.05, 3.63) is 22.8 Å². The van der Waals surface area contributed by atoms with Crippen molar-refractivity contribution in [2.24, 2.45) is 0 Å². The molecular formula is C16H19NO4. The van der Waals surface area contributed by atoms with E-state index in [2.05, 4.69) is 0 Å². The Hall–Kier alpha value is -1.62. The van der Waals surface area contributed by atoms with Crippen LogP contribution in [-0.2, 0) is 14.3 Å². The third-order valence-corrected chi connectivity index (χ3v) is 5.32. The zero-order valence-corrected chi connectivity index (χ0v) is 11.9. The van der Waals surface area contributed by atoms with Crippen LogP contribution in [0.5, 0.6) is 0 Å². The van der Waals surface area contributed by atoms with E-state index in [9.17, 15) is 14.7 Å². The zero-order chi connectivity index (χ0) is 14.6. The average Bonchev–Trinajstić information content (AvgIpc) is 2.63. The van der Waals surface area contributed by atoms with Gasteiger partial charge in [-0.1, -0.05) is 6.08 Å². The number of cyclic esters (lactones) is 1. The van der Waals surface area contributed by atoms with Crippen LogP contribution in [0.2, 0.25) is 0 Å². The molecule has 112 valence electrons. The van der Waals surface area contributed by atoms with Gasteiger partial charge in [-0.05, 0) is 36.0 Å². The Labute approximate surface area is 123 Å². The van der Waals surface area contributed by atoms with Crippen molar-refractivity contribution in [1.29, 1.82) is 0 Å². The van der Waals surface area contributed by atoms with Crippen LogP contribution >= 0.6 is 0 Å². The van der Waals surface area contributed by atoms with Crippen molar-refractivity contribution in [3.63, 3.8) is 0 Å². The van der Waals surface area contributed by atoms with Crippen molar-refractivity contribution >= 4 is 11.9 Å². The van der Waals surface area contributed by atoms with E-state index >= 15 is 0 Å². The Morgan fingerprint density at radius 2 is 2.19 bits per heavy atom. The van der Waals surface area contributed by atoms with Crippen LogP contribution in [0.15, 0.2) is 22.8 Å². The molecule has 0 radical (unpaired) electrons. The molecule has 3 heterocycles. The second-order valence-corrected chi connectivity index (χ2v) is 6.43. The molecule has 1 aliphatic carbocycles. The van der Waals surface area contributed by atoms with Gasteiger partial charge in [-0.3, -0.25) is 9.59 Å². The number of carbonyl (C=O) groups excluding carboxylic acids is 2. The first-order valence-electron chi connectivity index (χ1n) is 7.66. The first-order valence-corrected chi connectivity index (χ1v) is 7.66. The Morgan fingerprint density at radius 1 is 1.33 bits per heavy atom. The van der Waals surface area contributed by atoms with Gasteiger partial charge >= 0.3 is 5.97 Å². The highest BCUT2D eigenvalue weighted by molar-refractivity contribution is 5.88. The van der Waals surface area contributed by atoms with Crippen LogP contribution in [0, 0.1) is 0 Å². The molecule has 1 spiro atoms. The summed E-state index contributed by atoms with van der Waals surface area (Å²) in [6.07, 6.45) is 5.14. The molecule has 4 rings (SSSR count). The molecule has 5 nitrogen and oxygen atoms in total. The third kappa shape index (κ3) is 1.73. The predicted octanol–water partition coefficient (Wildman–Crippen LogP) is 1.08. The monoisotopic (exact) mass is 289 g/mol. The SMILES string of the molecule is O=C1CC2=C(CCCN3C(=O)CC4=CC[C@H](O)C[C@]423)CO1. The lowest BCUT2D eigenvalue weighted by Gasteiger charge is -2.45. The van der Waals surface area contributed by atoms with Gasteiger partial charge in [0.2, 0.25) is 5.91 Å². The van der Waals surface area contributed by atoms with E-state index in [0.29, 0.717) is 32.4 Å². The molecular weight excluding hydrogens is 270 g/mol. The highest BCUT2D eigenvalue weighted by atomic mass is 16.5. The van der Waals surface area contributed by atoms with Crippen molar-refractivity contribution < 1.29 is 19.4 Å². The highest BCUT2D eigenvalue weighted by Crippen LogP contribution is 2.51. The fraction of sp³-hybridized carbons (Fsp3) is 0.625. The average molecular weight is 289 g/mol. The summed E-state index contributed by atoms with van der Waals surface area (Å²) in [5.74, 6) is -0.0909. The number of rotatable bonds is 0. The molecule has 3 aliphatic heterocycles. The van der Waals surface area contributed by atoms with E-state index in [0.717, 1.165) is 29.6 Å². The van der Waals surface area contributed by atoms with Gasteiger partial charge in [-0.15, -0.1) is 0 Å². The Balaban J connectivity index is 1.92. The molecule has 5 heteroatoms. The Morgan fingerprint density at radius 3 is 3.05 bits per heavy atom. The first kappa shape index (κ1) is 13.1. The summed E-state index contributed by atoms with van der Waals surface area (Å²) in [6.45, 7) is 1.05. The summed E-state index contributed by atoms with van der Waals surface area (Å²) < 4.78 is 5.20. The van der Waals surface area contributed by atoms with Crippen LogP contribution in [0.3, 0.4) is 0 Å². The Bertz CT molecular complexity index is 591. The molecule has 0 aromatic carbocycles. The molecule has 2 atom stereocenters. The lowest BCUT2D eigenvalue weighted by Crippen LogP contribution is -2.52. The van der Waals surface area contributed by atoms with Gasteiger partial charge in [-0.25, -0.2) is 0 Å². The van der Waals surface area contributed by atoms with E-state index in [1.165, 1.54) is 0 Å². The summed E-state index contributed by atoms with van der Waals surface area (Å²) in [6, 6.07) is 0. The number of aliphatic hydroxyl groups excluding tert-OH is 1. The highest BCUT2D eigenvalue weighted by Gasteiger charge is 2.55. The van der Waals surface area contributed by atoms with Crippen LogP contribution in [0.25, 0.3) is 0 Å². The van der Waals surface area contributed by atoms with E-state index in [1.54, 1.807) is 0 Å². The van der Waals surface area contributed by atoms with Gasteiger partial charge < -0.3 is 14.7 Å².